The number of carbonyl (C=O) groups excluding carboxylic acids is 2. The topological polar surface area (TPSA) is 164 Å². The number of hydrogen-bond acceptors (Lipinski definition) is 9. The van der Waals surface area contributed by atoms with Crippen molar-refractivity contribution >= 4 is 18.1 Å². The van der Waals surface area contributed by atoms with Gasteiger partial charge in [0.05, 0.1) is 12.2 Å². The van der Waals surface area contributed by atoms with E-state index >= 15 is 0 Å². The van der Waals surface area contributed by atoms with Crippen LogP contribution in [0.2, 0.25) is 0 Å². The van der Waals surface area contributed by atoms with Gasteiger partial charge in [-0.2, -0.15) is 0 Å². The molecule has 13 nitrogen and oxygen atoms in total. The van der Waals surface area contributed by atoms with Crippen LogP contribution in [-0.4, -0.2) is 58.1 Å². The molecule has 1 saturated heterocycles. The first-order chi connectivity index (χ1) is 18.2. The molecule has 4 rings (SSSR count). The number of hydrogen-bond donors (Lipinski definition) is 0. The molecule has 2 heterocycles. The lowest BCUT2D eigenvalue weighted by molar-refractivity contribution is -0.137. The summed E-state index contributed by atoms with van der Waals surface area (Å²) in [6.07, 6.45) is -0.700. The lowest BCUT2D eigenvalue weighted by Crippen LogP contribution is -2.46. The third-order valence-electron chi connectivity index (χ3n) is 6.40. The van der Waals surface area contributed by atoms with Crippen LogP contribution in [-0.2, 0) is 23.7 Å². The smallest absolute Gasteiger partial charge is 0.338 e. The molecule has 5 atom stereocenters. The predicted molar refractivity (Wildman–Crippen MR) is 133 cm³/mol. The Labute approximate surface area is 216 Å². The molecule has 38 heavy (non-hydrogen) atoms. The molecule has 0 radical (unpaired) electrons. The van der Waals surface area contributed by atoms with Gasteiger partial charge in [-0.1, -0.05) is 22.8 Å². The van der Waals surface area contributed by atoms with Crippen molar-refractivity contribution < 1.29 is 28.5 Å². The summed E-state index contributed by atoms with van der Waals surface area (Å²) in [4.78, 5) is 53.4. The molecule has 1 saturated carbocycles. The molecule has 0 amide bonds. The Morgan fingerprint density at radius 3 is 2.50 bits per heavy atom. The van der Waals surface area contributed by atoms with Crippen molar-refractivity contribution in [2.75, 3.05) is 13.2 Å². The zero-order valence-corrected chi connectivity index (χ0v) is 21.3. The highest BCUT2D eigenvalue weighted by molar-refractivity contribution is 5.90. The van der Waals surface area contributed by atoms with Crippen molar-refractivity contribution in [1.82, 2.24) is 9.13 Å². The van der Waals surface area contributed by atoms with E-state index in [2.05, 4.69) is 10.0 Å². The molecule has 1 aliphatic heterocycles. The number of fused-ring (bicyclic) bond motifs is 1. The molecule has 1 aromatic carbocycles. The fourth-order valence-corrected chi connectivity index (χ4v) is 4.53. The van der Waals surface area contributed by atoms with Gasteiger partial charge < -0.3 is 18.9 Å². The fraction of sp³-hybridized carbons (Fsp3) is 0.440. The molecule has 2 fully saturated rings. The molecule has 0 spiro atoms. The maximum Gasteiger partial charge on any atom is 0.338 e. The van der Waals surface area contributed by atoms with E-state index < -0.39 is 53.3 Å². The van der Waals surface area contributed by atoms with Crippen molar-refractivity contribution in [3.8, 4) is 0 Å². The van der Waals surface area contributed by atoms with E-state index in [1.165, 1.54) is 13.1 Å². The second-order valence-corrected chi connectivity index (χ2v) is 8.84. The quantitative estimate of drug-likeness (QED) is 0.158. The average Bonchev–Trinajstić information content (AvgIpc) is 3.34. The van der Waals surface area contributed by atoms with Gasteiger partial charge in [0.2, 0.25) is 0 Å². The molecule has 200 valence electrons. The predicted octanol–water partition coefficient (Wildman–Crippen LogP) is 2.25. The van der Waals surface area contributed by atoms with Crippen LogP contribution in [0.4, 0.5) is 0 Å². The van der Waals surface area contributed by atoms with Crippen LogP contribution >= 0.6 is 0 Å². The third-order valence-corrected chi connectivity index (χ3v) is 6.40. The van der Waals surface area contributed by atoms with Crippen LogP contribution in [0.1, 0.15) is 41.6 Å². The van der Waals surface area contributed by atoms with Gasteiger partial charge in [0.25, 0.3) is 5.56 Å². The number of azide groups is 1. The van der Waals surface area contributed by atoms with Crippen LogP contribution in [0.5, 0.6) is 0 Å². The number of nitrogens with zero attached hydrogens (tertiary/aromatic N) is 5. The summed E-state index contributed by atoms with van der Waals surface area (Å²) < 4.78 is 24.3. The Hall–Kier alpha value is -4.19. The molecule has 1 aromatic heterocycles. The molecule has 0 bridgehead atoms. The zero-order chi connectivity index (χ0) is 27.6. The second kappa shape index (κ2) is 10.7. The molecule has 2 aromatic rings. The first-order valence-electron chi connectivity index (χ1n) is 12.0. The SMILES string of the molecule is CCOC(=O)/C=C/n1c(=O)c(C)cn([C@@H]2O[C@@H]3C(OC(=O)c4ccc(C)cc4)C3(N=[N+]=[N-])[C@H]2OCC)c1=O. The summed E-state index contributed by atoms with van der Waals surface area (Å²) in [7, 11) is 0. The van der Waals surface area contributed by atoms with E-state index in [1.54, 1.807) is 38.1 Å². The molecular weight excluding hydrogens is 498 g/mol. The monoisotopic (exact) mass is 525 g/mol. The van der Waals surface area contributed by atoms with E-state index in [1.807, 2.05) is 6.92 Å². The van der Waals surface area contributed by atoms with Crippen molar-refractivity contribution in [1.29, 1.82) is 0 Å². The van der Waals surface area contributed by atoms with E-state index in [-0.39, 0.29) is 18.8 Å². The minimum absolute atomic E-state index is 0.126. The number of rotatable bonds is 9. The summed E-state index contributed by atoms with van der Waals surface area (Å²) in [5, 5.41) is 3.91. The summed E-state index contributed by atoms with van der Waals surface area (Å²) in [6.45, 7) is 7.00. The lowest BCUT2D eigenvalue weighted by atomic mass is 10.1. The summed E-state index contributed by atoms with van der Waals surface area (Å²) >= 11 is 0. The minimum atomic E-state index is -1.43. The van der Waals surface area contributed by atoms with Gasteiger partial charge in [-0.25, -0.2) is 19.0 Å². The maximum atomic E-state index is 13.3. The van der Waals surface area contributed by atoms with Crippen LogP contribution in [0.25, 0.3) is 16.6 Å². The first kappa shape index (κ1) is 26.9. The van der Waals surface area contributed by atoms with E-state index in [9.17, 15) is 24.7 Å². The van der Waals surface area contributed by atoms with Crippen LogP contribution in [0, 0.1) is 13.8 Å². The molecule has 13 heteroatoms. The maximum absolute atomic E-state index is 13.3. The molecule has 1 aliphatic carbocycles. The summed E-state index contributed by atoms with van der Waals surface area (Å²) in [6, 6.07) is 6.77. The highest BCUT2D eigenvalue weighted by Gasteiger charge is 2.80. The lowest BCUT2D eigenvalue weighted by Gasteiger charge is -2.28. The van der Waals surface area contributed by atoms with Crippen molar-refractivity contribution in [2.45, 2.75) is 57.8 Å². The van der Waals surface area contributed by atoms with Gasteiger partial charge in [0, 0.05) is 35.6 Å². The van der Waals surface area contributed by atoms with E-state index in [0.29, 0.717) is 5.56 Å². The van der Waals surface area contributed by atoms with Crippen molar-refractivity contribution in [2.24, 2.45) is 5.11 Å². The van der Waals surface area contributed by atoms with Crippen molar-refractivity contribution in [3.05, 3.63) is 84.5 Å². The number of benzene rings is 1. The Kier molecular flexibility index (Phi) is 7.53. The van der Waals surface area contributed by atoms with Gasteiger partial charge in [-0.15, -0.1) is 0 Å². The fourth-order valence-electron chi connectivity index (χ4n) is 4.53. The molecule has 2 aliphatic rings. The number of aromatic nitrogens is 2. The number of carbonyl (C=O) groups is 2. The van der Waals surface area contributed by atoms with Gasteiger partial charge in [0.15, 0.2) is 6.23 Å². The van der Waals surface area contributed by atoms with Gasteiger partial charge >= 0.3 is 17.6 Å². The number of esters is 2. The summed E-state index contributed by atoms with van der Waals surface area (Å²) in [5.74, 6) is -1.35. The van der Waals surface area contributed by atoms with Crippen LogP contribution < -0.4 is 11.2 Å². The Bertz CT molecular complexity index is 1440. The normalized spacial score (nSPS) is 25.5. The Morgan fingerprint density at radius 1 is 1.16 bits per heavy atom. The van der Waals surface area contributed by atoms with Gasteiger partial charge in [-0.3, -0.25) is 9.36 Å². The van der Waals surface area contributed by atoms with Crippen LogP contribution in [0.15, 0.2) is 51.2 Å². The highest BCUT2D eigenvalue weighted by Crippen LogP contribution is 2.59. The number of ether oxygens (including phenoxy) is 4. The number of aryl methyl sites for hydroxylation is 2. The van der Waals surface area contributed by atoms with E-state index in [0.717, 1.165) is 27.0 Å². The first-order valence-corrected chi connectivity index (χ1v) is 12.0. The largest absolute Gasteiger partial charge is 0.463 e. The van der Waals surface area contributed by atoms with Crippen molar-refractivity contribution in [3.63, 3.8) is 0 Å². The summed E-state index contributed by atoms with van der Waals surface area (Å²) in [5.41, 5.74) is 7.92. The van der Waals surface area contributed by atoms with Gasteiger partial charge in [0.1, 0.15) is 23.9 Å². The minimum Gasteiger partial charge on any atom is -0.463 e. The highest BCUT2D eigenvalue weighted by atomic mass is 16.6. The Morgan fingerprint density at radius 2 is 1.87 bits per heavy atom. The molecule has 2 unspecified atom stereocenters. The van der Waals surface area contributed by atoms with Crippen LogP contribution in [0.3, 0.4) is 0 Å². The van der Waals surface area contributed by atoms with E-state index in [4.69, 9.17) is 18.9 Å². The van der Waals surface area contributed by atoms with Gasteiger partial charge in [-0.05, 0) is 45.4 Å². The molecule has 0 N–H and O–H groups in total. The average molecular weight is 526 g/mol. The standard InChI is InChI=1S/C25H27N5O8/c1-5-35-17(31)11-12-29-21(32)15(4)13-30(24(29)34)22-20(36-6-2)25(27-28-26)18(37-22)19(25)38-23(33)16-9-7-14(3)8-10-16/h7-13,18-20,22H,5-6H2,1-4H3/b12-11+/t18-,19?,20+,22-,25?/m1/s1. The molecular formula is C25H27N5O8. The zero-order valence-electron chi connectivity index (χ0n) is 21.3. The third kappa shape index (κ3) is 4.62. The Balaban J connectivity index is 1.68. The second-order valence-electron chi connectivity index (χ2n) is 8.84.